The molecule has 144 valence electrons. The second-order valence-electron chi connectivity index (χ2n) is 6.52. The van der Waals surface area contributed by atoms with Crippen LogP contribution in [0.5, 0.6) is 0 Å². The van der Waals surface area contributed by atoms with Crippen molar-refractivity contribution in [2.24, 2.45) is 7.05 Å². The third kappa shape index (κ3) is 2.84. The van der Waals surface area contributed by atoms with E-state index in [0.29, 0.717) is 28.0 Å². The second kappa shape index (κ2) is 6.45. The van der Waals surface area contributed by atoms with Crippen LogP contribution in [0.4, 0.5) is 10.1 Å². The van der Waals surface area contributed by atoms with Crippen molar-refractivity contribution in [1.82, 2.24) is 19.7 Å². The molecule has 1 N–H and O–H groups in total. The normalized spacial score (nSPS) is 11.9. The molecule has 0 saturated heterocycles. The van der Waals surface area contributed by atoms with Crippen LogP contribution >= 0.6 is 0 Å². The van der Waals surface area contributed by atoms with Crippen LogP contribution in [0.15, 0.2) is 53.8 Å². The summed E-state index contributed by atoms with van der Waals surface area (Å²) in [6, 6.07) is 11.5. The first-order chi connectivity index (χ1) is 13.3. The molecule has 4 rings (SSSR count). The number of anilines is 1. The molecular formula is C19H18FN5O2S. The van der Waals surface area contributed by atoms with Gasteiger partial charge in [-0.05, 0) is 36.8 Å². The van der Waals surface area contributed by atoms with Gasteiger partial charge in [-0.15, -0.1) is 0 Å². The lowest BCUT2D eigenvalue weighted by molar-refractivity contribution is 0.591. The minimum Gasteiger partial charge on any atom is -0.342 e. The number of aromatic nitrogens is 4. The highest BCUT2D eigenvalue weighted by atomic mass is 32.2. The van der Waals surface area contributed by atoms with Crippen LogP contribution in [0.3, 0.4) is 0 Å². The summed E-state index contributed by atoms with van der Waals surface area (Å²) in [6.07, 6.45) is 1.54. The van der Waals surface area contributed by atoms with Gasteiger partial charge in [0.25, 0.3) is 10.0 Å². The van der Waals surface area contributed by atoms with Gasteiger partial charge in [-0.3, -0.25) is 8.99 Å². The molecular weight excluding hydrogens is 381 g/mol. The number of para-hydroxylation sites is 1. The molecule has 0 fully saturated rings. The van der Waals surface area contributed by atoms with Crippen molar-refractivity contribution in [3.05, 3.63) is 60.2 Å². The Bertz CT molecular complexity index is 1280. The van der Waals surface area contributed by atoms with Crippen LogP contribution < -0.4 is 4.31 Å². The number of halogens is 1. The zero-order chi connectivity index (χ0) is 20.1. The summed E-state index contributed by atoms with van der Waals surface area (Å²) in [5, 5.41) is 4.60. The molecule has 0 saturated carbocycles. The lowest BCUT2D eigenvalue weighted by Crippen LogP contribution is -2.26. The van der Waals surface area contributed by atoms with Gasteiger partial charge in [0, 0.05) is 25.0 Å². The van der Waals surface area contributed by atoms with Gasteiger partial charge in [-0.25, -0.2) is 9.37 Å². The van der Waals surface area contributed by atoms with Gasteiger partial charge >= 0.3 is 0 Å². The average Bonchev–Trinajstić information content (AvgIpc) is 3.29. The van der Waals surface area contributed by atoms with Crippen molar-refractivity contribution in [3.8, 4) is 11.4 Å². The van der Waals surface area contributed by atoms with E-state index in [1.807, 2.05) is 0 Å². The number of sulfonamides is 1. The first-order valence-corrected chi connectivity index (χ1v) is 9.95. The van der Waals surface area contributed by atoms with Crippen LogP contribution in [0, 0.1) is 12.7 Å². The highest BCUT2D eigenvalue weighted by Gasteiger charge is 2.26. The van der Waals surface area contributed by atoms with E-state index in [2.05, 4.69) is 15.1 Å². The number of benzene rings is 2. The number of rotatable bonds is 4. The Balaban J connectivity index is 1.92. The zero-order valence-electron chi connectivity index (χ0n) is 15.5. The van der Waals surface area contributed by atoms with Crippen LogP contribution in [0.1, 0.15) is 5.56 Å². The molecule has 28 heavy (non-hydrogen) atoms. The molecule has 9 heteroatoms. The van der Waals surface area contributed by atoms with Crippen molar-refractivity contribution in [2.45, 2.75) is 11.9 Å². The molecule has 2 aromatic heterocycles. The summed E-state index contributed by atoms with van der Waals surface area (Å²) in [5.41, 5.74) is 1.82. The lowest BCUT2D eigenvalue weighted by Gasteiger charge is -2.18. The van der Waals surface area contributed by atoms with E-state index in [9.17, 15) is 12.8 Å². The summed E-state index contributed by atoms with van der Waals surface area (Å²) in [4.78, 5) is 6.97. The summed E-state index contributed by atoms with van der Waals surface area (Å²) in [5.74, 6) is -0.125. The highest BCUT2D eigenvalue weighted by Crippen LogP contribution is 2.34. The largest absolute Gasteiger partial charge is 0.342 e. The Morgan fingerprint density at radius 1 is 1.18 bits per heavy atom. The minimum atomic E-state index is -3.91. The monoisotopic (exact) mass is 399 g/mol. The number of nitrogens with one attached hydrogen (secondary N) is 1. The van der Waals surface area contributed by atoms with E-state index in [1.165, 1.54) is 30.2 Å². The number of nitrogens with zero attached hydrogens (tertiary/aromatic N) is 4. The maximum absolute atomic E-state index is 14.6. The Morgan fingerprint density at radius 3 is 2.54 bits per heavy atom. The molecule has 0 aliphatic heterocycles. The predicted octanol–water partition coefficient (Wildman–Crippen LogP) is 3.24. The Kier molecular flexibility index (Phi) is 4.19. The summed E-state index contributed by atoms with van der Waals surface area (Å²) < 4.78 is 43.5. The van der Waals surface area contributed by atoms with Crippen molar-refractivity contribution in [3.63, 3.8) is 0 Å². The number of H-pyrrole nitrogens is 1. The van der Waals surface area contributed by atoms with E-state index in [1.54, 1.807) is 44.3 Å². The molecule has 2 heterocycles. The van der Waals surface area contributed by atoms with Gasteiger partial charge in [-0.1, -0.05) is 18.2 Å². The fourth-order valence-electron chi connectivity index (χ4n) is 3.18. The Morgan fingerprint density at radius 2 is 1.89 bits per heavy atom. The third-order valence-corrected chi connectivity index (χ3v) is 6.33. The number of fused-ring (bicyclic) bond motifs is 1. The topological polar surface area (TPSA) is 83.9 Å². The lowest BCUT2D eigenvalue weighted by atomic mass is 10.0. The first kappa shape index (κ1) is 18.2. The minimum absolute atomic E-state index is 0.101. The smallest absolute Gasteiger partial charge is 0.279 e. The standard InChI is InChI=1S/C19H18FN5O2S/c1-12-9-15(20)18-14(17(12)19-21-11-24(2)23-19)10-16(22-18)28(26,27)25(3)13-7-5-4-6-8-13/h4-11,22H,1-3H3. The van der Waals surface area contributed by atoms with Gasteiger partial charge in [0.15, 0.2) is 10.9 Å². The molecule has 0 atom stereocenters. The maximum Gasteiger partial charge on any atom is 0.279 e. The van der Waals surface area contributed by atoms with Gasteiger partial charge in [0.05, 0.1) is 11.2 Å². The highest BCUT2D eigenvalue weighted by molar-refractivity contribution is 7.92. The molecule has 0 bridgehead atoms. The van der Waals surface area contributed by atoms with Gasteiger partial charge in [0.1, 0.15) is 12.1 Å². The molecule has 0 aliphatic rings. The van der Waals surface area contributed by atoms with Crippen LogP contribution in [0.25, 0.3) is 22.3 Å². The van der Waals surface area contributed by atoms with Crippen molar-refractivity contribution in [1.29, 1.82) is 0 Å². The molecule has 0 amide bonds. The van der Waals surface area contributed by atoms with E-state index in [-0.39, 0.29) is 10.5 Å². The maximum atomic E-state index is 14.6. The van der Waals surface area contributed by atoms with Crippen LogP contribution in [0.2, 0.25) is 0 Å². The van der Waals surface area contributed by atoms with Gasteiger partial charge in [0.2, 0.25) is 0 Å². The summed E-state index contributed by atoms with van der Waals surface area (Å²) in [6.45, 7) is 1.74. The van der Waals surface area contributed by atoms with E-state index in [0.717, 1.165) is 4.31 Å². The molecule has 0 spiro atoms. The third-order valence-electron chi connectivity index (χ3n) is 4.62. The van der Waals surface area contributed by atoms with Crippen molar-refractivity contribution in [2.75, 3.05) is 11.4 Å². The zero-order valence-corrected chi connectivity index (χ0v) is 16.3. The second-order valence-corrected chi connectivity index (χ2v) is 8.46. The van der Waals surface area contributed by atoms with E-state index < -0.39 is 15.8 Å². The number of hydrogen-bond donors (Lipinski definition) is 1. The summed E-state index contributed by atoms with van der Waals surface area (Å²) >= 11 is 0. The molecule has 2 aromatic carbocycles. The Labute approximate surface area is 161 Å². The van der Waals surface area contributed by atoms with E-state index >= 15 is 0 Å². The van der Waals surface area contributed by atoms with Crippen molar-refractivity contribution >= 4 is 26.6 Å². The first-order valence-electron chi connectivity index (χ1n) is 8.51. The predicted molar refractivity (Wildman–Crippen MR) is 105 cm³/mol. The average molecular weight is 399 g/mol. The fourth-order valence-corrected chi connectivity index (χ4v) is 4.37. The van der Waals surface area contributed by atoms with E-state index in [4.69, 9.17) is 0 Å². The van der Waals surface area contributed by atoms with Crippen LogP contribution in [-0.2, 0) is 17.1 Å². The Hall–Kier alpha value is -3.20. The number of aromatic amines is 1. The summed E-state index contributed by atoms with van der Waals surface area (Å²) in [7, 11) is -0.724. The molecule has 0 aliphatic carbocycles. The van der Waals surface area contributed by atoms with Gasteiger partial charge < -0.3 is 4.98 Å². The molecule has 7 nitrogen and oxygen atoms in total. The quantitative estimate of drug-likeness (QED) is 0.571. The SMILES string of the molecule is Cc1cc(F)c2[nH]c(S(=O)(=O)N(C)c3ccccc3)cc2c1-c1ncn(C)n1. The molecule has 0 unspecified atom stereocenters. The van der Waals surface area contributed by atoms with Crippen LogP contribution in [-0.4, -0.2) is 35.2 Å². The van der Waals surface area contributed by atoms with Gasteiger partial charge in [-0.2, -0.15) is 13.5 Å². The fraction of sp³-hybridized carbons (Fsp3) is 0.158. The van der Waals surface area contributed by atoms with Crippen molar-refractivity contribution < 1.29 is 12.8 Å². The number of aryl methyl sites for hydroxylation is 2. The molecule has 4 aromatic rings. The number of hydrogen-bond acceptors (Lipinski definition) is 4. The molecule has 0 radical (unpaired) electrons.